The first kappa shape index (κ1) is 45.6. The summed E-state index contributed by atoms with van der Waals surface area (Å²) in [7, 11) is 0. The Hall–Kier alpha value is -4.96. The van der Waals surface area contributed by atoms with Gasteiger partial charge in [-0.25, -0.2) is 0 Å². The number of hydrogen-bond donors (Lipinski definition) is 0. The Balaban J connectivity index is 0.00000280. The SMILES string of the molecule is Cc1ccc(C2=Cc3c(cc(C)c(C)c3-c3ccc(-c4ccccc4)cc3)[CH]2[Zr+2]([CH]2C(c3ccc(C)o3)=Cc3c2cc(C)c(C)c3-c2ccc(-c3ccccc3)cc2)=[Si](C)C)o1.[Cl-].[Cl-]. The predicted molar refractivity (Wildman–Crippen MR) is 259 cm³/mol. The van der Waals surface area contributed by atoms with Crippen LogP contribution in [0.15, 0.2) is 154 Å². The van der Waals surface area contributed by atoms with Crippen molar-refractivity contribution in [2.75, 3.05) is 0 Å². The topological polar surface area (TPSA) is 26.3 Å². The molecule has 8 aromatic rings. The average molecular weight is 971 g/mol. The maximum absolute atomic E-state index is 6.67. The summed E-state index contributed by atoms with van der Waals surface area (Å²) in [6, 6.07) is 53.8. The molecule has 0 saturated heterocycles. The molecule has 6 heteroatoms. The van der Waals surface area contributed by atoms with Gasteiger partial charge in [0.15, 0.2) is 0 Å². The third-order valence-corrected chi connectivity index (χ3v) is 32.7. The second-order valence-corrected chi connectivity index (χ2v) is 35.5. The Kier molecular flexibility index (Phi) is 13.2. The molecule has 0 radical (unpaired) electrons. The van der Waals surface area contributed by atoms with E-state index >= 15 is 0 Å². The molecule has 2 heterocycles. The van der Waals surface area contributed by atoms with Crippen LogP contribution in [-0.4, -0.2) is 5.43 Å². The van der Waals surface area contributed by atoms with Crippen molar-refractivity contribution in [1.29, 1.82) is 0 Å². The summed E-state index contributed by atoms with van der Waals surface area (Å²) in [6.45, 7) is 18.6. The standard InChI is InChI=1S/2C28H23O.C2H6Si.2ClH.Zr/c2*1-18-15-24-16-25(27-14-9-19(2)29-27)17-26(24)28(20(18)3)23-12-10-22(11-13-23)21-7-5-4-6-8-21;1-3-2;;;/h2*4-17H,1-3H3;1-2H3;2*1H;/q;;;;;+2/p-2. The Bertz CT molecular complexity index is 2920. The Labute approximate surface area is 399 Å². The van der Waals surface area contributed by atoms with Crippen LogP contribution in [0.5, 0.6) is 0 Å². The second-order valence-electron chi connectivity index (χ2n) is 17.6. The molecule has 0 saturated carbocycles. The molecular formula is C58H52Cl2O2SiZr. The van der Waals surface area contributed by atoms with E-state index < -0.39 is 25.8 Å². The molecule has 0 aliphatic heterocycles. The number of aryl methyl sites for hydroxylation is 4. The van der Waals surface area contributed by atoms with Crippen LogP contribution in [0.25, 0.3) is 67.8 Å². The fourth-order valence-corrected chi connectivity index (χ4v) is 30.0. The van der Waals surface area contributed by atoms with Crippen LogP contribution in [0.1, 0.15) is 74.8 Å². The minimum absolute atomic E-state index is 0. The van der Waals surface area contributed by atoms with E-state index in [0.717, 1.165) is 23.0 Å². The average Bonchev–Trinajstić information content (AvgIpc) is 4.09. The summed E-state index contributed by atoms with van der Waals surface area (Å²) in [6.07, 6.45) is 5.07. The molecule has 318 valence electrons. The van der Waals surface area contributed by atoms with Gasteiger partial charge in [-0.1, -0.05) is 0 Å². The van der Waals surface area contributed by atoms with E-state index in [9.17, 15) is 0 Å². The van der Waals surface area contributed by atoms with Gasteiger partial charge in [-0.15, -0.1) is 0 Å². The smallest absolute Gasteiger partial charge is 1.00 e. The largest absolute Gasteiger partial charge is 1.00 e. The minimum Gasteiger partial charge on any atom is -1.00 e. The zero-order chi connectivity index (χ0) is 42.8. The Morgan fingerprint density at radius 2 is 0.766 bits per heavy atom. The first-order valence-corrected chi connectivity index (χ1v) is 30.9. The van der Waals surface area contributed by atoms with Gasteiger partial charge in [-0.05, 0) is 0 Å². The number of hydrogen-bond acceptors (Lipinski definition) is 2. The van der Waals surface area contributed by atoms with Crippen LogP contribution in [0, 0.1) is 41.5 Å². The molecule has 10 rings (SSSR count). The second kappa shape index (κ2) is 18.5. The van der Waals surface area contributed by atoms with Gasteiger partial charge in [0, 0.05) is 0 Å². The van der Waals surface area contributed by atoms with Crippen molar-refractivity contribution in [2.45, 2.75) is 61.9 Å². The molecule has 0 N–H and O–H groups in total. The molecule has 0 amide bonds. The van der Waals surface area contributed by atoms with E-state index in [1.54, 1.807) is 0 Å². The van der Waals surface area contributed by atoms with Gasteiger partial charge in [0.1, 0.15) is 0 Å². The third-order valence-electron chi connectivity index (χ3n) is 13.5. The van der Waals surface area contributed by atoms with Crippen LogP contribution in [0.2, 0.25) is 13.1 Å². The van der Waals surface area contributed by atoms with Gasteiger partial charge in [0.2, 0.25) is 0 Å². The summed E-state index contributed by atoms with van der Waals surface area (Å²) >= 11 is -2.77. The maximum atomic E-state index is 6.67. The molecule has 2 aliphatic carbocycles. The van der Waals surface area contributed by atoms with E-state index in [1.165, 1.54) is 100 Å². The molecule has 2 aromatic heterocycles. The molecule has 6 aromatic carbocycles. The zero-order valence-electron chi connectivity index (χ0n) is 37.7. The van der Waals surface area contributed by atoms with E-state index in [-0.39, 0.29) is 24.8 Å². The zero-order valence-corrected chi connectivity index (χ0v) is 42.7. The molecular weight excluding hydrogens is 919 g/mol. The van der Waals surface area contributed by atoms with E-state index in [4.69, 9.17) is 8.83 Å². The number of furan rings is 2. The molecule has 2 aliphatic rings. The van der Waals surface area contributed by atoms with Crippen molar-refractivity contribution < 1.29 is 54.0 Å². The van der Waals surface area contributed by atoms with Crippen LogP contribution >= 0.6 is 0 Å². The first-order valence-electron chi connectivity index (χ1n) is 21.9. The fourth-order valence-electron chi connectivity index (χ4n) is 10.2. The van der Waals surface area contributed by atoms with Gasteiger partial charge in [-0.3, -0.25) is 0 Å². The van der Waals surface area contributed by atoms with Crippen LogP contribution in [-0.2, 0) is 20.4 Å². The maximum Gasteiger partial charge on any atom is -1.00 e. The number of allylic oxidation sites excluding steroid dienone is 2. The van der Waals surface area contributed by atoms with Crippen molar-refractivity contribution in [3.05, 3.63) is 213 Å². The minimum atomic E-state index is -2.77. The van der Waals surface area contributed by atoms with E-state index in [0.29, 0.717) is 7.25 Å². The predicted octanol–water partition coefficient (Wildman–Crippen LogP) is 10.2. The van der Waals surface area contributed by atoms with Crippen LogP contribution in [0.3, 0.4) is 0 Å². The van der Waals surface area contributed by atoms with Crippen molar-refractivity contribution in [2.24, 2.45) is 0 Å². The quantitative estimate of drug-likeness (QED) is 0.142. The van der Waals surface area contributed by atoms with Gasteiger partial charge in [0.25, 0.3) is 0 Å². The normalized spacial score (nSPS) is 14.7. The van der Waals surface area contributed by atoms with Crippen LogP contribution in [0.4, 0.5) is 0 Å². The Morgan fingerprint density at radius 1 is 0.422 bits per heavy atom. The summed E-state index contributed by atoms with van der Waals surface area (Å²) in [5.41, 5.74) is 23.2. The number of halogens is 2. The number of rotatable bonds is 8. The van der Waals surface area contributed by atoms with E-state index in [1.807, 2.05) is 0 Å². The van der Waals surface area contributed by atoms with Crippen molar-refractivity contribution in [3.63, 3.8) is 0 Å². The monoisotopic (exact) mass is 968 g/mol. The molecule has 2 nitrogen and oxygen atoms in total. The molecule has 2 atom stereocenters. The van der Waals surface area contributed by atoms with Crippen molar-refractivity contribution in [1.82, 2.24) is 0 Å². The Morgan fingerprint density at radius 3 is 1.09 bits per heavy atom. The summed E-state index contributed by atoms with van der Waals surface area (Å²) in [5.74, 6) is 3.94. The molecule has 2 unspecified atom stereocenters. The van der Waals surface area contributed by atoms with Crippen LogP contribution < -0.4 is 24.8 Å². The molecule has 0 bridgehead atoms. The number of fused-ring (bicyclic) bond motifs is 2. The summed E-state index contributed by atoms with van der Waals surface area (Å²) < 4.78 is 13.9. The third kappa shape index (κ3) is 8.06. The summed E-state index contributed by atoms with van der Waals surface area (Å²) in [5, 5.41) is 0. The van der Waals surface area contributed by atoms with E-state index in [2.05, 4.69) is 212 Å². The van der Waals surface area contributed by atoms with Gasteiger partial charge < -0.3 is 24.8 Å². The summed E-state index contributed by atoms with van der Waals surface area (Å²) in [4.78, 5) is 0. The molecule has 64 heavy (non-hydrogen) atoms. The van der Waals surface area contributed by atoms with Gasteiger partial charge in [-0.2, -0.15) is 0 Å². The fraction of sp³-hybridized carbons (Fsp3) is 0.172. The van der Waals surface area contributed by atoms with Gasteiger partial charge in [0.05, 0.1) is 0 Å². The molecule has 0 spiro atoms. The van der Waals surface area contributed by atoms with Crippen molar-refractivity contribution >= 4 is 28.7 Å². The first-order chi connectivity index (χ1) is 30.0. The molecule has 0 fully saturated rings. The van der Waals surface area contributed by atoms with Crippen molar-refractivity contribution in [3.8, 4) is 44.5 Å². The number of benzene rings is 6. The van der Waals surface area contributed by atoms with Gasteiger partial charge >= 0.3 is 377 Å².